The number of aromatic nitrogens is 2. The first kappa shape index (κ1) is 17.9. The van der Waals surface area contributed by atoms with Gasteiger partial charge in [0.1, 0.15) is 0 Å². The maximum atomic E-state index is 12.4. The maximum Gasteiger partial charge on any atom is 0.234 e. The predicted octanol–water partition coefficient (Wildman–Crippen LogP) is 3.09. The Bertz CT molecular complexity index is 733. The summed E-state index contributed by atoms with van der Waals surface area (Å²) in [4.78, 5) is 18.9. The summed E-state index contributed by atoms with van der Waals surface area (Å²) in [6.45, 7) is 5.78. The van der Waals surface area contributed by atoms with Gasteiger partial charge < -0.3 is 9.84 Å². The number of halogens is 1. The number of rotatable bonds is 5. The zero-order chi connectivity index (χ0) is 17.8. The van der Waals surface area contributed by atoms with Crippen LogP contribution in [0.2, 0.25) is 5.02 Å². The second-order valence-corrected chi connectivity index (χ2v) is 6.97. The molecule has 1 aliphatic rings. The van der Waals surface area contributed by atoms with Crippen LogP contribution in [0.15, 0.2) is 28.8 Å². The van der Waals surface area contributed by atoms with Crippen LogP contribution < -0.4 is 5.32 Å². The first-order valence-corrected chi connectivity index (χ1v) is 8.97. The smallest absolute Gasteiger partial charge is 0.234 e. The lowest BCUT2D eigenvalue weighted by atomic mass is 9.98. The minimum Gasteiger partial charge on any atom is -0.348 e. The molecular weight excluding hydrogens is 340 g/mol. The Morgan fingerprint density at radius 3 is 3.00 bits per heavy atom. The summed E-state index contributed by atoms with van der Waals surface area (Å²) in [6, 6.07) is 7.45. The van der Waals surface area contributed by atoms with E-state index in [0.29, 0.717) is 23.3 Å². The molecule has 0 bridgehead atoms. The summed E-state index contributed by atoms with van der Waals surface area (Å²) in [7, 11) is 0. The highest BCUT2D eigenvalue weighted by Crippen LogP contribution is 2.26. The topological polar surface area (TPSA) is 71.3 Å². The summed E-state index contributed by atoms with van der Waals surface area (Å²) in [5.74, 6) is 1.52. The third-order valence-electron chi connectivity index (χ3n) is 4.51. The first-order valence-electron chi connectivity index (χ1n) is 8.59. The van der Waals surface area contributed by atoms with E-state index in [2.05, 4.69) is 20.4 Å². The van der Waals surface area contributed by atoms with Gasteiger partial charge in [-0.3, -0.25) is 9.69 Å². The molecule has 2 atom stereocenters. The van der Waals surface area contributed by atoms with Gasteiger partial charge in [0, 0.05) is 11.6 Å². The molecule has 0 radical (unpaired) electrons. The van der Waals surface area contributed by atoms with Crippen LogP contribution in [0.5, 0.6) is 0 Å². The Balaban J connectivity index is 1.54. The molecule has 0 aliphatic carbocycles. The number of likely N-dealkylation sites (tertiary alicyclic amines) is 1. The molecule has 1 aromatic carbocycles. The normalized spacial score (nSPS) is 19.6. The molecule has 1 fully saturated rings. The van der Waals surface area contributed by atoms with Gasteiger partial charge in [-0.2, -0.15) is 4.98 Å². The second-order valence-electron chi connectivity index (χ2n) is 6.56. The fraction of sp³-hybridized carbons (Fsp3) is 0.500. The molecule has 6 nitrogen and oxygen atoms in total. The van der Waals surface area contributed by atoms with Gasteiger partial charge in [-0.1, -0.05) is 35.0 Å². The van der Waals surface area contributed by atoms with E-state index in [1.165, 1.54) is 0 Å². The monoisotopic (exact) mass is 362 g/mol. The highest BCUT2D eigenvalue weighted by Gasteiger charge is 2.27. The standard InChI is InChI=1S/C18H23ClN4O2/c1-12(15-7-3-4-8-16(15)19)20-17(24)11-23-9-5-6-14(10-23)18-21-13(2)22-25-18/h3-4,7-8,12,14H,5-6,9-11H2,1-2H3,(H,20,24). The fourth-order valence-electron chi connectivity index (χ4n) is 3.27. The summed E-state index contributed by atoms with van der Waals surface area (Å²) in [5, 5.41) is 7.56. The minimum absolute atomic E-state index is 0.00483. The second kappa shape index (κ2) is 7.97. The molecule has 1 N–H and O–H groups in total. The lowest BCUT2D eigenvalue weighted by molar-refractivity contribution is -0.123. The van der Waals surface area contributed by atoms with Crippen molar-refractivity contribution in [2.75, 3.05) is 19.6 Å². The van der Waals surface area contributed by atoms with Gasteiger partial charge in [-0.05, 0) is 44.9 Å². The van der Waals surface area contributed by atoms with Gasteiger partial charge in [0.2, 0.25) is 11.8 Å². The van der Waals surface area contributed by atoms with Crippen molar-refractivity contribution in [2.24, 2.45) is 0 Å². The molecular formula is C18H23ClN4O2. The molecule has 2 unspecified atom stereocenters. The summed E-state index contributed by atoms with van der Waals surface area (Å²) in [6.07, 6.45) is 2.02. The summed E-state index contributed by atoms with van der Waals surface area (Å²) >= 11 is 6.20. The molecule has 134 valence electrons. The Morgan fingerprint density at radius 1 is 1.48 bits per heavy atom. The highest BCUT2D eigenvalue weighted by atomic mass is 35.5. The maximum absolute atomic E-state index is 12.4. The number of carbonyl (C=O) groups is 1. The number of nitrogens with one attached hydrogen (secondary N) is 1. The van der Waals surface area contributed by atoms with Crippen molar-refractivity contribution in [1.29, 1.82) is 0 Å². The lowest BCUT2D eigenvalue weighted by Gasteiger charge is -2.30. The van der Waals surface area contributed by atoms with Crippen molar-refractivity contribution < 1.29 is 9.32 Å². The van der Waals surface area contributed by atoms with E-state index in [1.54, 1.807) is 0 Å². The summed E-state index contributed by atoms with van der Waals surface area (Å²) < 4.78 is 5.29. The van der Waals surface area contributed by atoms with Gasteiger partial charge >= 0.3 is 0 Å². The van der Waals surface area contributed by atoms with Crippen molar-refractivity contribution in [3.05, 3.63) is 46.6 Å². The van der Waals surface area contributed by atoms with Crippen molar-refractivity contribution in [1.82, 2.24) is 20.4 Å². The van der Waals surface area contributed by atoms with Crippen LogP contribution in [0.1, 0.15) is 49.0 Å². The fourth-order valence-corrected chi connectivity index (χ4v) is 3.57. The Morgan fingerprint density at radius 2 is 2.28 bits per heavy atom. The number of nitrogens with zero attached hydrogens (tertiary/aromatic N) is 3. The number of hydrogen-bond acceptors (Lipinski definition) is 5. The molecule has 1 aliphatic heterocycles. The molecule has 2 aromatic rings. The first-order chi connectivity index (χ1) is 12.0. The Hall–Kier alpha value is -1.92. The van der Waals surface area contributed by atoms with E-state index in [1.807, 2.05) is 38.1 Å². The van der Waals surface area contributed by atoms with Crippen LogP contribution in [0.25, 0.3) is 0 Å². The van der Waals surface area contributed by atoms with Crippen LogP contribution >= 0.6 is 11.6 Å². The van der Waals surface area contributed by atoms with Crippen LogP contribution in [-0.2, 0) is 4.79 Å². The van der Waals surface area contributed by atoms with Gasteiger partial charge in [-0.25, -0.2) is 0 Å². The van der Waals surface area contributed by atoms with Crippen LogP contribution in [0.3, 0.4) is 0 Å². The highest BCUT2D eigenvalue weighted by molar-refractivity contribution is 6.31. The van der Waals surface area contributed by atoms with Gasteiger partial charge in [0.15, 0.2) is 5.82 Å². The number of carbonyl (C=O) groups excluding carboxylic acids is 1. The predicted molar refractivity (Wildman–Crippen MR) is 95.5 cm³/mol. The molecule has 0 spiro atoms. The van der Waals surface area contributed by atoms with Crippen molar-refractivity contribution in [3.8, 4) is 0 Å². The number of hydrogen-bond donors (Lipinski definition) is 1. The molecule has 1 aromatic heterocycles. The van der Waals surface area contributed by atoms with E-state index in [-0.39, 0.29) is 17.9 Å². The van der Waals surface area contributed by atoms with E-state index < -0.39 is 0 Å². The lowest BCUT2D eigenvalue weighted by Crippen LogP contribution is -2.42. The van der Waals surface area contributed by atoms with Crippen molar-refractivity contribution in [3.63, 3.8) is 0 Å². The largest absolute Gasteiger partial charge is 0.348 e. The Kier molecular flexibility index (Phi) is 5.71. The van der Waals surface area contributed by atoms with Gasteiger partial charge in [0.25, 0.3) is 0 Å². The van der Waals surface area contributed by atoms with E-state index >= 15 is 0 Å². The molecule has 7 heteroatoms. The van der Waals surface area contributed by atoms with Gasteiger partial charge in [-0.15, -0.1) is 0 Å². The van der Waals surface area contributed by atoms with E-state index in [0.717, 1.165) is 31.5 Å². The molecule has 3 rings (SSSR count). The van der Waals surface area contributed by atoms with Crippen molar-refractivity contribution in [2.45, 2.75) is 38.6 Å². The summed E-state index contributed by atoms with van der Waals surface area (Å²) in [5.41, 5.74) is 0.926. The Labute approximate surface area is 152 Å². The minimum atomic E-state index is -0.125. The third-order valence-corrected chi connectivity index (χ3v) is 4.86. The van der Waals surface area contributed by atoms with Crippen LogP contribution in [0.4, 0.5) is 0 Å². The average Bonchev–Trinajstić information content (AvgIpc) is 3.02. The van der Waals surface area contributed by atoms with E-state index in [4.69, 9.17) is 16.1 Å². The number of piperidine rings is 1. The zero-order valence-electron chi connectivity index (χ0n) is 14.5. The SMILES string of the molecule is Cc1noc(C2CCCN(CC(=O)NC(C)c3ccccc3Cl)C2)n1. The molecule has 0 saturated carbocycles. The molecule has 25 heavy (non-hydrogen) atoms. The van der Waals surface area contributed by atoms with Crippen molar-refractivity contribution >= 4 is 17.5 Å². The van der Waals surface area contributed by atoms with Crippen LogP contribution in [-0.4, -0.2) is 40.6 Å². The number of aryl methyl sites for hydroxylation is 1. The molecule has 1 saturated heterocycles. The van der Waals surface area contributed by atoms with Crippen LogP contribution in [0, 0.1) is 6.92 Å². The number of amides is 1. The van der Waals surface area contributed by atoms with E-state index in [9.17, 15) is 4.79 Å². The third kappa shape index (κ3) is 4.58. The average molecular weight is 363 g/mol. The van der Waals surface area contributed by atoms with Gasteiger partial charge in [0.05, 0.1) is 18.5 Å². The molecule has 2 heterocycles. The molecule has 1 amide bonds. The number of benzene rings is 1. The zero-order valence-corrected chi connectivity index (χ0v) is 15.3. The quantitative estimate of drug-likeness (QED) is 0.884.